The van der Waals surface area contributed by atoms with E-state index in [1.54, 1.807) is 6.26 Å². The average molecular weight is 393 g/mol. The number of amides is 2. The Hall–Kier alpha value is -3.09. The van der Waals surface area contributed by atoms with Gasteiger partial charge in [-0.3, -0.25) is 0 Å². The Morgan fingerprint density at radius 1 is 1.10 bits per heavy atom. The third kappa shape index (κ3) is 4.18. The van der Waals surface area contributed by atoms with E-state index >= 15 is 0 Å². The number of aromatic nitrogens is 2. The number of hydrogen-bond donors (Lipinski definition) is 1. The Bertz CT molecular complexity index is 1020. The van der Waals surface area contributed by atoms with E-state index in [0.717, 1.165) is 35.4 Å². The standard InChI is InChI=1S/C22H27N5O2/c1-15-7-8-17-16(14-15)20(24-19(23-17)18-6-5-13-29-18)26-9-11-27(12-10-26)21(28)25-22(2,3)4/h5-8,13-14H,9-12H2,1-4H3,(H,25,28). The number of nitrogens with zero attached hydrogens (tertiary/aromatic N) is 4. The maximum atomic E-state index is 12.5. The number of rotatable bonds is 2. The van der Waals surface area contributed by atoms with Gasteiger partial charge in [0.15, 0.2) is 11.6 Å². The molecule has 0 spiro atoms. The van der Waals surface area contributed by atoms with Crippen molar-refractivity contribution in [3.8, 4) is 11.6 Å². The van der Waals surface area contributed by atoms with Crippen molar-refractivity contribution in [2.24, 2.45) is 0 Å². The highest BCUT2D eigenvalue weighted by atomic mass is 16.3. The molecule has 1 aliphatic heterocycles. The molecule has 0 atom stereocenters. The van der Waals surface area contributed by atoms with Crippen LogP contribution in [0, 0.1) is 6.92 Å². The van der Waals surface area contributed by atoms with Crippen LogP contribution in [0.15, 0.2) is 41.0 Å². The number of carbonyl (C=O) groups excluding carboxylic acids is 1. The first-order valence-electron chi connectivity index (χ1n) is 9.94. The van der Waals surface area contributed by atoms with Crippen LogP contribution in [0.4, 0.5) is 10.6 Å². The summed E-state index contributed by atoms with van der Waals surface area (Å²) in [7, 11) is 0. The Morgan fingerprint density at radius 2 is 1.86 bits per heavy atom. The summed E-state index contributed by atoms with van der Waals surface area (Å²) >= 11 is 0. The van der Waals surface area contributed by atoms with Crippen LogP contribution in [0.3, 0.4) is 0 Å². The van der Waals surface area contributed by atoms with Gasteiger partial charge in [-0.2, -0.15) is 0 Å². The van der Waals surface area contributed by atoms with Gasteiger partial charge in [0.1, 0.15) is 5.82 Å². The number of fused-ring (bicyclic) bond motifs is 1. The third-order valence-electron chi connectivity index (χ3n) is 4.92. The lowest BCUT2D eigenvalue weighted by atomic mass is 10.1. The number of benzene rings is 1. The molecule has 0 bridgehead atoms. The summed E-state index contributed by atoms with van der Waals surface area (Å²) in [4.78, 5) is 26.1. The van der Waals surface area contributed by atoms with E-state index in [4.69, 9.17) is 14.4 Å². The van der Waals surface area contributed by atoms with Gasteiger partial charge >= 0.3 is 6.03 Å². The van der Waals surface area contributed by atoms with Gasteiger partial charge in [-0.1, -0.05) is 11.6 Å². The second-order valence-electron chi connectivity index (χ2n) is 8.52. The minimum absolute atomic E-state index is 0.0168. The first-order chi connectivity index (χ1) is 13.8. The van der Waals surface area contributed by atoms with E-state index in [1.807, 2.05) is 43.9 Å². The molecule has 1 fully saturated rings. The number of aryl methyl sites for hydroxylation is 1. The van der Waals surface area contributed by atoms with Gasteiger partial charge in [-0.05, 0) is 52.0 Å². The van der Waals surface area contributed by atoms with Crippen molar-refractivity contribution in [2.45, 2.75) is 33.2 Å². The lowest BCUT2D eigenvalue weighted by Crippen LogP contribution is -2.55. The largest absolute Gasteiger partial charge is 0.461 e. The second-order valence-corrected chi connectivity index (χ2v) is 8.52. The molecule has 0 saturated carbocycles. The molecule has 0 radical (unpaired) electrons. The van der Waals surface area contributed by atoms with Gasteiger partial charge in [0, 0.05) is 37.1 Å². The van der Waals surface area contributed by atoms with Gasteiger partial charge in [-0.25, -0.2) is 14.8 Å². The molecule has 3 heterocycles. The highest BCUT2D eigenvalue weighted by Gasteiger charge is 2.26. The normalized spacial score (nSPS) is 15.0. The minimum atomic E-state index is -0.244. The lowest BCUT2D eigenvalue weighted by Gasteiger charge is -2.37. The summed E-state index contributed by atoms with van der Waals surface area (Å²) in [5.41, 5.74) is 1.81. The highest BCUT2D eigenvalue weighted by molar-refractivity contribution is 5.91. The number of hydrogen-bond acceptors (Lipinski definition) is 5. The summed E-state index contributed by atoms with van der Waals surface area (Å²) < 4.78 is 5.52. The molecule has 29 heavy (non-hydrogen) atoms. The van der Waals surface area contributed by atoms with E-state index in [-0.39, 0.29) is 11.6 Å². The Labute approximate surface area is 170 Å². The molecule has 7 heteroatoms. The van der Waals surface area contributed by atoms with Crippen LogP contribution in [0.25, 0.3) is 22.5 Å². The molecule has 1 N–H and O–H groups in total. The predicted octanol–water partition coefficient (Wildman–Crippen LogP) is 3.83. The van der Waals surface area contributed by atoms with Crippen LogP contribution in [-0.2, 0) is 0 Å². The van der Waals surface area contributed by atoms with Crippen LogP contribution in [0.1, 0.15) is 26.3 Å². The minimum Gasteiger partial charge on any atom is -0.461 e. The summed E-state index contributed by atoms with van der Waals surface area (Å²) in [6, 6.07) is 9.89. The Kier molecular flexibility index (Phi) is 4.90. The summed E-state index contributed by atoms with van der Waals surface area (Å²) in [6.07, 6.45) is 1.63. The predicted molar refractivity (Wildman–Crippen MR) is 114 cm³/mol. The molecule has 0 unspecified atom stereocenters. The average Bonchev–Trinajstić information content (AvgIpc) is 3.21. The van der Waals surface area contributed by atoms with Crippen LogP contribution >= 0.6 is 0 Å². The number of carbonyl (C=O) groups is 1. The van der Waals surface area contributed by atoms with E-state index in [0.29, 0.717) is 24.7 Å². The van der Waals surface area contributed by atoms with Crippen molar-refractivity contribution < 1.29 is 9.21 Å². The Balaban J connectivity index is 1.62. The van der Waals surface area contributed by atoms with Crippen molar-refractivity contribution in [1.29, 1.82) is 0 Å². The van der Waals surface area contributed by atoms with E-state index in [1.165, 1.54) is 0 Å². The zero-order valence-electron chi connectivity index (χ0n) is 17.4. The zero-order chi connectivity index (χ0) is 20.6. The van der Waals surface area contributed by atoms with E-state index < -0.39 is 0 Å². The molecule has 1 aromatic carbocycles. The molecule has 1 saturated heterocycles. The van der Waals surface area contributed by atoms with Gasteiger partial charge < -0.3 is 19.5 Å². The van der Waals surface area contributed by atoms with Gasteiger partial charge in [0.2, 0.25) is 0 Å². The number of nitrogens with one attached hydrogen (secondary N) is 1. The van der Waals surface area contributed by atoms with Crippen molar-refractivity contribution in [3.63, 3.8) is 0 Å². The topological polar surface area (TPSA) is 74.5 Å². The zero-order valence-corrected chi connectivity index (χ0v) is 17.4. The molecule has 3 aromatic rings. The molecule has 1 aliphatic rings. The van der Waals surface area contributed by atoms with Crippen molar-refractivity contribution in [2.75, 3.05) is 31.1 Å². The maximum Gasteiger partial charge on any atom is 0.317 e. The Morgan fingerprint density at radius 3 is 2.52 bits per heavy atom. The molecule has 2 aromatic heterocycles. The first-order valence-corrected chi connectivity index (χ1v) is 9.94. The summed E-state index contributed by atoms with van der Waals surface area (Å²) in [5, 5.41) is 4.06. The van der Waals surface area contributed by atoms with Gasteiger partial charge in [0.05, 0.1) is 11.8 Å². The fourth-order valence-electron chi connectivity index (χ4n) is 3.50. The number of furan rings is 1. The van der Waals surface area contributed by atoms with E-state index in [9.17, 15) is 4.79 Å². The lowest BCUT2D eigenvalue weighted by molar-refractivity contribution is 0.185. The van der Waals surface area contributed by atoms with Gasteiger partial charge in [0.25, 0.3) is 0 Å². The molecule has 2 amide bonds. The summed E-state index contributed by atoms with van der Waals surface area (Å²) in [5.74, 6) is 2.12. The van der Waals surface area contributed by atoms with Crippen LogP contribution in [-0.4, -0.2) is 52.6 Å². The fourth-order valence-corrected chi connectivity index (χ4v) is 3.50. The summed E-state index contributed by atoms with van der Waals surface area (Å²) in [6.45, 7) is 10.8. The molecular weight excluding hydrogens is 366 g/mol. The molecular formula is C22H27N5O2. The van der Waals surface area contributed by atoms with Crippen molar-refractivity contribution >= 4 is 22.8 Å². The van der Waals surface area contributed by atoms with Crippen LogP contribution in [0.5, 0.6) is 0 Å². The molecule has 7 nitrogen and oxygen atoms in total. The first kappa shape index (κ1) is 19.2. The van der Waals surface area contributed by atoms with Crippen molar-refractivity contribution in [3.05, 3.63) is 42.2 Å². The number of anilines is 1. The van der Waals surface area contributed by atoms with Crippen molar-refractivity contribution in [1.82, 2.24) is 20.2 Å². The monoisotopic (exact) mass is 393 g/mol. The molecule has 4 rings (SSSR count). The fraction of sp³-hybridized carbons (Fsp3) is 0.409. The van der Waals surface area contributed by atoms with Gasteiger partial charge in [-0.15, -0.1) is 0 Å². The second kappa shape index (κ2) is 7.39. The maximum absolute atomic E-state index is 12.5. The smallest absolute Gasteiger partial charge is 0.317 e. The van der Waals surface area contributed by atoms with Crippen LogP contribution in [0.2, 0.25) is 0 Å². The third-order valence-corrected chi connectivity index (χ3v) is 4.92. The molecule has 0 aliphatic carbocycles. The quantitative estimate of drug-likeness (QED) is 0.716. The number of urea groups is 1. The number of piperazine rings is 1. The molecule has 152 valence electrons. The van der Waals surface area contributed by atoms with E-state index in [2.05, 4.69) is 29.3 Å². The highest BCUT2D eigenvalue weighted by Crippen LogP contribution is 2.29. The SMILES string of the molecule is Cc1ccc2nc(-c3ccco3)nc(N3CCN(C(=O)NC(C)(C)C)CC3)c2c1. The van der Waals surface area contributed by atoms with Crippen LogP contribution < -0.4 is 10.2 Å².